The Bertz CT molecular complexity index is 602. The number of ether oxygens (including phenoxy) is 1. The lowest BCUT2D eigenvalue weighted by atomic mass is 10.3. The van der Waals surface area contributed by atoms with Crippen LogP contribution in [0.15, 0.2) is 48.5 Å². The number of carbonyl (C=O) groups excluding carboxylic acids is 1. The smallest absolute Gasteiger partial charge is 0.227 e. The van der Waals surface area contributed by atoms with Crippen LogP contribution in [0.4, 0.5) is 5.69 Å². The molecule has 5 heteroatoms. The number of amides is 1. The van der Waals surface area contributed by atoms with E-state index in [1.165, 1.54) is 0 Å². The zero-order valence-corrected chi connectivity index (χ0v) is 12.1. The quantitative estimate of drug-likeness (QED) is 0.889. The van der Waals surface area contributed by atoms with Crippen LogP contribution in [0.2, 0.25) is 10.0 Å². The van der Waals surface area contributed by atoms with Crippen LogP contribution in [0.5, 0.6) is 5.75 Å². The molecule has 0 aromatic heterocycles. The monoisotopic (exact) mass is 309 g/mol. The second-order valence-electron chi connectivity index (χ2n) is 4.06. The zero-order chi connectivity index (χ0) is 14.4. The second-order valence-corrected chi connectivity index (χ2v) is 4.87. The number of benzene rings is 2. The van der Waals surface area contributed by atoms with E-state index in [2.05, 4.69) is 5.32 Å². The third-order valence-electron chi connectivity index (χ3n) is 2.57. The van der Waals surface area contributed by atoms with E-state index in [1.807, 2.05) is 18.2 Å². The van der Waals surface area contributed by atoms with E-state index in [9.17, 15) is 4.79 Å². The van der Waals surface area contributed by atoms with E-state index in [1.54, 1.807) is 30.3 Å². The Labute approximate surface area is 127 Å². The van der Waals surface area contributed by atoms with Crippen molar-refractivity contribution in [3.05, 3.63) is 58.6 Å². The Morgan fingerprint density at radius 2 is 1.65 bits per heavy atom. The predicted octanol–water partition coefficient (Wildman–Crippen LogP) is 4.40. The first-order valence-electron chi connectivity index (χ1n) is 6.08. The molecular weight excluding hydrogens is 297 g/mol. The average molecular weight is 310 g/mol. The van der Waals surface area contributed by atoms with Crippen LogP contribution < -0.4 is 10.1 Å². The van der Waals surface area contributed by atoms with Gasteiger partial charge in [-0.15, -0.1) is 0 Å². The third kappa shape index (κ3) is 4.15. The molecule has 1 amide bonds. The SMILES string of the molecule is O=C(CCOc1ccccc1Cl)Nc1ccccc1Cl. The lowest BCUT2D eigenvalue weighted by molar-refractivity contribution is -0.116. The molecule has 104 valence electrons. The minimum Gasteiger partial charge on any atom is -0.491 e. The summed E-state index contributed by atoms with van der Waals surface area (Å²) in [5.41, 5.74) is 0.594. The van der Waals surface area contributed by atoms with E-state index in [-0.39, 0.29) is 18.9 Å². The van der Waals surface area contributed by atoms with E-state index in [0.29, 0.717) is 21.5 Å². The van der Waals surface area contributed by atoms with Crippen LogP contribution in [0, 0.1) is 0 Å². The summed E-state index contributed by atoms with van der Waals surface area (Å²) >= 11 is 11.9. The van der Waals surface area contributed by atoms with Crippen LogP contribution in [-0.2, 0) is 4.79 Å². The highest BCUT2D eigenvalue weighted by Crippen LogP contribution is 2.23. The molecule has 0 aliphatic rings. The van der Waals surface area contributed by atoms with Crippen molar-refractivity contribution in [3.8, 4) is 5.75 Å². The molecule has 0 saturated carbocycles. The number of hydrogen-bond acceptors (Lipinski definition) is 2. The van der Waals surface area contributed by atoms with Gasteiger partial charge < -0.3 is 10.1 Å². The fourth-order valence-electron chi connectivity index (χ4n) is 1.59. The highest BCUT2D eigenvalue weighted by Gasteiger charge is 2.06. The van der Waals surface area contributed by atoms with Gasteiger partial charge in [0.2, 0.25) is 5.91 Å². The summed E-state index contributed by atoms with van der Waals surface area (Å²) < 4.78 is 5.45. The van der Waals surface area contributed by atoms with Gasteiger partial charge in [-0.05, 0) is 24.3 Å². The Morgan fingerprint density at radius 3 is 2.35 bits per heavy atom. The van der Waals surface area contributed by atoms with Crippen molar-refractivity contribution < 1.29 is 9.53 Å². The maximum absolute atomic E-state index is 11.8. The highest BCUT2D eigenvalue weighted by atomic mass is 35.5. The number of carbonyl (C=O) groups is 1. The van der Waals surface area contributed by atoms with E-state index in [0.717, 1.165) is 0 Å². The summed E-state index contributed by atoms with van der Waals surface area (Å²) in [5, 5.41) is 3.76. The summed E-state index contributed by atoms with van der Waals surface area (Å²) in [6, 6.07) is 14.2. The Kier molecular flexibility index (Phi) is 5.27. The molecule has 2 aromatic rings. The molecule has 0 aliphatic carbocycles. The first kappa shape index (κ1) is 14.7. The molecule has 2 rings (SSSR count). The average Bonchev–Trinajstić information content (AvgIpc) is 2.43. The number of hydrogen-bond donors (Lipinski definition) is 1. The fourth-order valence-corrected chi connectivity index (χ4v) is 1.96. The van der Waals surface area contributed by atoms with Gasteiger partial charge in [0, 0.05) is 0 Å². The summed E-state index contributed by atoms with van der Waals surface area (Å²) in [6.45, 7) is 0.250. The molecular formula is C15H13Cl2NO2. The second kappa shape index (κ2) is 7.17. The van der Waals surface area contributed by atoms with Crippen molar-refractivity contribution in [2.75, 3.05) is 11.9 Å². The lowest BCUT2D eigenvalue weighted by Crippen LogP contribution is -2.15. The van der Waals surface area contributed by atoms with Gasteiger partial charge in [-0.3, -0.25) is 4.79 Å². The molecule has 0 heterocycles. The van der Waals surface area contributed by atoms with Crippen molar-refractivity contribution in [1.29, 1.82) is 0 Å². The first-order valence-corrected chi connectivity index (χ1v) is 6.84. The van der Waals surface area contributed by atoms with Crippen LogP contribution >= 0.6 is 23.2 Å². The zero-order valence-electron chi connectivity index (χ0n) is 10.6. The molecule has 1 N–H and O–H groups in total. The van der Waals surface area contributed by atoms with E-state index in [4.69, 9.17) is 27.9 Å². The largest absolute Gasteiger partial charge is 0.491 e. The minimum atomic E-state index is -0.162. The molecule has 0 spiro atoms. The number of nitrogens with one attached hydrogen (secondary N) is 1. The van der Waals surface area contributed by atoms with Gasteiger partial charge in [-0.2, -0.15) is 0 Å². The first-order chi connectivity index (χ1) is 9.66. The Hall–Kier alpha value is -1.71. The van der Waals surface area contributed by atoms with Gasteiger partial charge >= 0.3 is 0 Å². The summed E-state index contributed by atoms with van der Waals surface area (Å²) in [6.07, 6.45) is 0.219. The number of rotatable bonds is 5. The van der Waals surface area contributed by atoms with Gasteiger partial charge in [-0.1, -0.05) is 47.5 Å². The van der Waals surface area contributed by atoms with Crippen LogP contribution in [0.1, 0.15) is 6.42 Å². The molecule has 3 nitrogen and oxygen atoms in total. The number of para-hydroxylation sites is 2. The van der Waals surface area contributed by atoms with Gasteiger partial charge in [-0.25, -0.2) is 0 Å². The summed E-state index contributed by atoms with van der Waals surface area (Å²) in [5.74, 6) is 0.407. The van der Waals surface area contributed by atoms with Crippen molar-refractivity contribution in [3.63, 3.8) is 0 Å². The van der Waals surface area contributed by atoms with Crippen LogP contribution in [-0.4, -0.2) is 12.5 Å². The van der Waals surface area contributed by atoms with Crippen LogP contribution in [0.3, 0.4) is 0 Å². The summed E-state index contributed by atoms with van der Waals surface area (Å²) in [4.78, 5) is 11.8. The predicted molar refractivity (Wildman–Crippen MR) is 81.6 cm³/mol. The molecule has 0 atom stereocenters. The number of anilines is 1. The maximum Gasteiger partial charge on any atom is 0.227 e. The molecule has 0 unspecified atom stereocenters. The third-order valence-corrected chi connectivity index (χ3v) is 3.21. The lowest BCUT2D eigenvalue weighted by Gasteiger charge is -2.09. The van der Waals surface area contributed by atoms with Crippen molar-refractivity contribution in [1.82, 2.24) is 0 Å². The molecule has 20 heavy (non-hydrogen) atoms. The molecule has 2 aromatic carbocycles. The van der Waals surface area contributed by atoms with Gasteiger partial charge in [0.1, 0.15) is 5.75 Å². The summed E-state index contributed by atoms with van der Waals surface area (Å²) in [7, 11) is 0. The van der Waals surface area contributed by atoms with E-state index < -0.39 is 0 Å². The van der Waals surface area contributed by atoms with Gasteiger partial charge in [0.05, 0.1) is 28.8 Å². The molecule has 0 aliphatic heterocycles. The van der Waals surface area contributed by atoms with Gasteiger partial charge in [0.25, 0.3) is 0 Å². The van der Waals surface area contributed by atoms with Crippen LogP contribution in [0.25, 0.3) is 0 Å². The van der Waals surface area contributed by atoms with Crippen molar-refractivity contribution >= 4 is 34.8 Å². The minimum absolute atomic E-state index is 0.162. The van der Waals surface area contributed by atoms with Crippen molar-refractivity contribution in [2.45, 2.75) is 6.42 Å². The van der Waals surface area contributed by atoms with E-state index >= 15 is 0 Å². The Balaban J connectivity index is 1.82. The topological polar surface area (TPSA) is 38.3 Å². The normalized spacial score (nSPS) is 10.1. The number of halogens is 2. The molecule has 0 saturated heterocycles. The molecule has 0 fully saturated rings. The van der Waals surface area contributed by atoms with Crippen molar-refractivity contribution in [2.24, 2.45) is 0 Å². The Morgan fingerprint density at radius 1 is 1.00 bits per heavy atom. The standard InChI is InChI=1S/C15H13Cl2NO2/c16-11-5-1-3-7-13(11)18-15(19)9-10-20-14-8-4-2-6-12(14)17/h1-8H,9-10H2,(H,18,19). The maximum atomic E-state index is 11.8. The highest BCUT2D eigenvalue weighted by molar-refractivity contribution is 6.33. The molecule has 0 bridgehead atoms. The fraction of sp³-hybridized carbons (Fsp3) is 0.133. The molecule has 0 radical (unpaired) electrons. The van der Waals surface area contributed by atoms with Gasteiger partial charge in [0.15, 0.2) is 0 Å².